The minimum atomic E-state index is -0.125. The van der Waals surface area contributed by atoms with Gasteiger partial charge < -0.3 is 9.88 Å². The average molecular weight is 321 g/mol. The molecule has 0 spiro atoms. The van der Waals surface area contributed by atoms with Gasteiger partial charge in [-0.15, -0.1) is 0 Å². The molecular formula is C20H23N3O. The Labute approximate surface area is 142 Å². The second kappa shape index (κ2) is 7.30. The van der Waals surface area contributed by atoms with Crippen molar-refractivity contribution in [2.24, 2.45) is 0 Å². The van der Waals surface area contributed by atoms with Gasteiger partial charge in [-0.1, -0.05) is 49.4 Å². The van der Waals surface area contributed by atoms with E-state index in [1.165, 1.54) is 0 Å². The number of aryl methyl sites for hydroxylation is 1. The van der Waals surface area contributed by atoms with Crippen LogP contribution in [0.3, 0.4) is 0 Å². The van der Waals surface area contributed by atoms with Crippen LogP contribution in [0.1, 0.15) is 37.7 Å². The maximum atomic E-state index is 12.3. The predicted octanol–water partition coefficient (Wildman–Crippen LogP) is 3.87. The number of hydrogen-bond acceptors (Lipinski definition) is 2. The van der Waals surface area contributed by atoms with E-state index in [0.29, 0.717) is 6.42 Å². The van der Waals surface area contributed by atoms with Crippen molar-refractivity contribution < 1.29 is 4.79 Å². The SMILES string of the molecule is CCCn1c([C@@H](C)NC(=O)Cc2ccccc2)nc2ccccc21. The first-order chi connectivity index (χ1) is 11.7. The molecule has 3 rings (SSSR count). The van der Waals surface area contributed by atoms with Crippen LogP contribution >= 0.6 is 0 Å². The van der Waals surface area contributed by atoms with Gasteiger partial charge in [0.1, 0.15) is 5.82 Å². The summed E-state index contributed by atoms with van der Waals surface area (Å²) >= 11 is 0. The van der Waals surface area contributed by atoms with Crippen molar-refractivity contribution in [1.82, 2.24) is 14.9 Å². The summed E-state index contributed by atoms with van der Waals surface area (Å²) in [6.45, 7) is 5.04. The molecule has 124 valence electrons. The third-order valence-electron chi connectivity index (χ3n) is 4.10. The molecule has 0 saturated carbocycles. The summed E-state index contributed by atoms with van der Waals surface area (Å²) in [7, 11) is 0. The number of hydrogen-bond donors (Lipinski definition) is 1. The van der Waals surface area contributed by atoms with Crippen molar-refractivity contribution in [3.05, 3.63) is 66.0 Å². The van der Waals surface area contributed by atoms with Crippen molar-refractivity contribution >= 4 is 16.9 Å². The Morgan fingerprint density at radius 2 is 1.83 bits per heavy atom. The van der Waals surface area contributed by atoms with Crippen LogP contribution in [-0.4, -0.2) is 15.5 Å². The summed E-state index contributed by atoms with van der Waals surface area (Å²) in [5, 5.41) is 3.08. The van der Waals surface area contributed by atoms with Crippen LogP contribution in [0.15, 0.2) is 54.6 Å². The van der Waals surface area contributed by atoms with Gasteiger partial charge in [0, 0.05) is 6.54 Å². The van der Waals surface area contributed by atoms with Gasteiger partial charge in [-0.05, 0) is 31.0 Å². The Morgan fingerprint density at radius 1 is 1.12 bits per heavy atom. The molecule has 1 N–H and O–H groups in total. The quantitative estimate of drug-likeness (QED) is 0.749. The maximum absolute atomic E-state index is 12.3. The lowest BCUT2D eigenvalue weighted by atomic mass is 10.1. The molecule has 24 heavy (non-hydrogen) atoms. The van der Waals surface area contributed by atoms with E-state index in [1.807, 2.05) is 55.5 Å². The smallest absolute Gasteiger partial charge is 0.224 e. The number of para-hydroxylation sites is 2. The van der Waals surface area contributed by atoms with Crippen LogP contribution in [0.4, 0.5) is 0 Å². The molecule has 4 heteroatoms. The van der Waals surface area contributed by atoms with E-state index in [2.05, 4.69) is 22.9 Å². The number of carbonyl (C=O) groups is 1. The Hall–Kier alpha value is -2.62. The maximum Gasteiger partial charge on any atom is 0.224 e. The molecule has 0 bridgehead atoms. The lowest BCUT2D eigenvalue weighted by molar-refractivity contribution is -0.121. The normalized spacial score (nSPS) is 12.2. The molecule has 1 aromatic heterocycles. The lowest BCUT2D eigenvalue weighted by Gasteiger charge is -2.16. The summed E-state index contributed by atoms with van der Waals surface area (Å²) in [4.78, 5) is 17.1. The number of fused-ring (bicyclic) bond motifs is 1. The highest BCUT2D eigenvalue weighted by Gasteiger charge is 2.18. The minimum absolute atomic E-state index is 0.0174. The van der Waals surface area contributed by atoms with Crippen molar-refractivity contribution in [1.29, 1.82) is 0 Å². The van der Waals surface area contributed by atoms with Crippen LogP contribution < -0.4 is 5.32 Å². The molecular weight excluding hydrogens is 298 g/mol. The standard InChI is InChI=1S/C20H23N3O/c1-3-13-23-18-12-8-7-11-17(18)22-20(23)15(2)21-19(24)14-16-9-5-4-6-10-16/h4-12,15H,3,13-14H2,1-2H3,(H,21,24)/t15-/m1/s1. The van der Waals surface area contributed by atoms with Gasteiger partial charge in [0.25, 0.3) is 0 Å². The highest BCUT2D eigenvalue weighted by Crippen LogP contribution is 2.21. The summed E-state index contributed by atoms with van der Waals surface area (Å²) in [6, 6.07) is 17.8. The van der Waals surface area contributed by atoms with Gasteiger partial charge in [-0.2, -0.15) is 0 Å². The molecule has 0 aliphatic rings. The first-order valence-corrected chi connectivity index (χ1v) is 8.47. The lowest BCUT2D eigenvalue weighted by Crippen LogP contribution is -2.30. The van der Waals surface area contributed by atoms with Crippen LogP contribution in [0.25, 0.3) is 11.0 Å². The third kappa shape index (κ3) is 3.48. The molecule has 0 aliphatic carbocycles. The fourth-order valence-corrected chi connectivity index (χ4v) is 3.02. The topological polar surface area (TPSA) is 46.9 Å². The van der Waals surface area contributed by atoms with E-state index < -0.39 is 0 Å². The summed E-state index contributed by atoms with van der Waals surface area (Å²) in [5.41, 5.74) is 3.12. The number of aromatic nitrogens is 2. The highest BCUT2D eigenvalue weighted by molar-refractivity contribution is 5.79. The number of imidazole rings is 1. The number of nitrogens with zero attached hydrogens (tertiary/aromatic N) is 2. The Bertz CT molecular complexity index is 823. The Balaban J connectivity index is 1.79. The molecule has 1 atom stereocenters. The van der Waals surface area contributed by atoms with Gasteiger partial charge in [0.2, 0.25) is 5.91 Å². The Morgan fingerprint density at radius 3 is 2.58 bits per heavy atom. The van der Waals surface area contributed by atoms with E-state index in [4.69, 9.17) is 4.98 Å². The number of benzene rings is 2. The van der Waals surface area contributed by atoms with Crippen LogP contribution in [0, 0.1) is 0 Å². The first kappa shape index (κ1) is 16.2. The summed E-state index contributed by atoms with van der Waals surface area (Å²) < 4.78 is 2.21. The molecule has 0 saturated heterocycles. The van der Waals surface area contributed by atoms with E-state index >= 15 is 0 Å². The number of nitrogens with one attached hydrogen (secondary N) is 1. The van der Waals surface area contributed by atoms with Gasteiger partial charge in [-0.25, -0.2) is 4.98 Å². The van der Waals surface area contributed by atoms with Gasteiger partial charge >= 0.3 is 0 Å². The van der Waals surface area contributed by atoms with Crippen LogP contribution in [-0.2, 0) is 17.8 Å². The summed E-state index contributed by atoms with van der Waals surface area (Å²) in [6.07, 6.45) is 1.41. The highest BCUT2D eigenvalue weighted by atomic mass is 16.1. The molecule has 0 unspecified atom stereocenters. The molecule has 0 radical (unpaired) electrons. The van der Waals surface area contributed by atoms with Crippen molar-refractivity contribution in [3.8, 4) is 0 Å². The molecule has 0 aliphatic heterocycles. The summed E-state index contributed by atoms with van der Waals surface area (Å²) in [5.74, 6) is 0.934. The van der Waals surface area contributed by atoms with Crippen LogP contribution in [0.2, 0.25) is 0 Å². The zero-order valence-corrected chi connectivity index (χ0v) is 14.2. The average Bonchev–Trinajstić information content (AvgIpc) is 2.95. The van der Waals surface area contributed by atoms with E-state index in [9.17, 15) is 4.79 Å². The molecule has 3 aromatic rings. The van der Waals surface area contributed by atoms with Gasteiger partial charge in [-0.3, -0.25) is 4.79 Å². The molecule has 4 nitrogen and oxygen atoms in total. The number of rotatable bonds is 6. The molecule has 0 fully saturated rings. The van der Waals surface area contributed by atoms with Gasteiger partial charge in [0.15, 0.2) is 0 Å². The van der Waals surface area contributed by atoms with E-state index in [1.54, 1.807) is 0 Å². The number of carbonyl (C=O) groups excluding carboxylic acids is 1. The van der Waals surface area contributed by atoms with E-state index in [0.717, 1.165) is 35.4 Å². The van der Waals surface area contributed by atoms with Gasteiger partial charge in [0.05, 0.1) is 23.5 Å². The molecule has 1 amide bonds. The monoisotopic (exact) mass is 321 g/mol. The predicted molar refractivity (Wildman–Crippen MR) is 96.7 cm³/mol. The van der Waals surface area contributed by atoms with E-state index in [-0.39, 0.29) is 11.9 Å². The minimum Gasteiger partial charge on any atom is -0.346 e. The second-order valence-electron chi connectivity index (χ2n) is 6.06. The zero-order valence-electron chi connectivity index (χ0n) is 14.2. The van der Waals surface area contributed by atoms with Crippen LogP contribution in [0.5, 0.6) is 0 Å². The second-order valence-corrected chi connectivity index (χ2v) is 6.06. The van der Waals surface area contributed by atoms with Crippen molar-refractivity contribution in [2.45, 2.75) is 39.3 Å². The third-order valence-corrected chi connectivity index (χ3v) is 4.10. The fraction of sp³-hybridized carbons (Fsp3) is 0.300. The van der Waals surface area contributed by atoms with Crippen molar-refractivity contribution in [3.63, 3.8) is 0 Å². The molecule has 2 aromatic carbocycles. The number of amides is 1. The Kier molecular flexibility index (Phi) is 4.94. The first-order valence-electron chi connectivity index (χ1n) is 8.47. The fourth-order valence-electron chi connectivity index (χ4n) is 3.02. The molecule has 1 heterocycles. The largest absolute Gasteiger partial charge is 0.346 e. The zero-order chi connectivity index (χ0) is 16.9. The van der Waals surface area contributed by atoms with Crippen molar-refractivity contribution in [2.75, 3.05) is 0 Å².